The molecule has 0 N–H and O–H groups in total. The highest BCUT2D eigenvalue weighted by atomic mass is 16.5. The van der Waals surface area contributed by atoms with Crippen LogP contribution < -0.4 is 9.64 Å². The van der Waals surface area contributed by atoms with Gasteiger partial charge in [-0.05, 0) is 161 Å². The number of ether oxygens (including phenoxy) is 1. The van der Waals surface area contributed by atoms with E-state index in [1.165, 1.54) is 119 Å². The Kier molecular flexibility index (Phi) is 7.84. The number of anilines is 3. The Bertz CT molecular complexity index is 2350. The third-order valence-electron chi connectivity index (χ3n) is 17.0. The predicted molar refractivity (Wildman–Crippen MR) is 241 cm³/mol. The van der Waals surface area contributed by atoms with Gasteiger partial charge in [-0.3, -0.25) is 0 Å². The summed E-state index contributed by atoms with van der Waals surface area (Å²) >= 11 is 0. The summed E-state index contributed by atoms with van der Waals surface area (Å²) in [6.07, 6.45) is 11.6. The molecule has 2 nitrogen and oxygen atoms in total. The summed E-state index contributed by atoms with van der Waals surface area (Å²) in [6.45, 7) is 19.8. The van der Waals surface area contributed by atoms with Crippen molar-refractivity contribution in [2.45, 2.75) is 140 Å². The van der Waals surface area contributed by atoms with Crippen molar-refractivity contribution in [3.8, 4) is 22.6 Å². The van der Waals surface area contributed by atoms with Crippen molar-refractivity contribution in [3.63, 3.8) is 0 Å². The molecule has 1 aliphatic heterocycles. The lowest BCUT2D eigenvalue weighted by Gasteiger charge is -2.63. The van der Waals surface area contributed by atoms with Gasteiger partial charge in [-0.15, -0.1) is 0 Å². The highest BCUT2D eigenvalue weighted by Crippen LogP contribution is 2.69. The highest BCUT2D eigenvalue weighted by Gasteiger charge is 2.61. The van der Waals surface area contributed by atoms with Crippen molar-refractivity contribution in [2.75, 3.05) is 4.90 Å². The van der Waals surface area contributed by atoms with Crippen molar-refractivity contribution in [1.82, 2.24) is 0 Å². The molecule has 2 heteroatoms. The molecular weight excluding hydrogens is 703 g/mol. The Balaban J connectivity index is 1.17. The molecular formula is C56H63NO. The van der Waals surface area contributed by atoms with Crippen molar-refractivity contribution < 1.29 is 4.74 Å². The van der Waals surface area contributed by atoms with E-state index in [-0.39, 0.29) is 27.1 Å². The molecule has 6 aliphatic carbocycles. The van der Waals surface area contributed by atoms with Gasteiger partial charge in [0.25, 0.3) is 0 Å². The van der Waals surface area contributed by atoms with Crippen LogP contribution in [0.3, 0.4) is 0 Å². The topological polar surface area (TPSA) is 12.5 Å². The van der Waals surface area contributed by atoms with Gasteiger partial charge in [0.05, 0.1) is 11.4 Å². The monoisotopic (exact) mass is 765 g/mol. The van der Waals surface area contributed by atoms with Crippen LogP contribution in [0.15, 0.2) is 103 Å². The molecule has 7 aliphatic rings. The molecule has 4 saturated carbocycles. The number of fused-ring (bicyclic) bond motifs is 4. The Morgan fingerprint density at radius 3 is 1.50 bits per heavy atom. The molecule has 5 aromatic rings. The molecule has 4 bridgehead atoms. The number of hydrogen-bond acceptors (Lipinski definition) is 2. The molecule has 298 valence electrons. The van der Waals surface area contributed by atoms with E-state index >= 15 is 0 Å². The number of hydrogen-bond donors (Lipinski definition) is 0. The lowest BCUT2D eigenvalue weighted by Crippen LogP contribution is -2.57. The second kappa shape index (κ2) is 12.4. The molecule has 1 heterocycles. The molecule has 12 rings (SSSR count). The van der Waals surface area contributed by atoms with Gasteiger partial charge in [0.2, 0.25) is 0 Å². The number of nitrogens with zero attached hydrogens (tertiary/aromatic N) is 1. The average Bonchev–Trinajstić information content (AvgIpc) is 3.20. The third-order valence-corrected chi connectivity index (χ3v) is 17.0. The van der Waals surface area contributed by atoms with Gasteiger partial charge in [-0.1, -0.05) is 128 Å². The fourth-order valence-electron chi connectivity index (χ4n) is 14.1. The lowest BCUT2D eigenvalue weighted by atomic mass is 9.42. The van der Waals surface area contributed by atoms with Gasteiger partial charge in [0.15, 0.2) is 0 Å². The zero-order valence-corrected chi connectivity index (χ0v) is 36.3. The summed E-state index contributed by atoms with van der Waals surface area (Å²) in [4.78, 5) is 2.69. The summed E-state index contributed by atoms with van der Waals surface area (Å²) in [5.74, 6) is 5.22. The van der Waals surface area contributed by atoms with Crippen LogP contribution >= 0.6 is 0 Å². The summed E-state index contributed by atoms with van der Waals surface area (Å²) in [7, 11) is 0. The standard InChI is InChI=1S/C56H63NO/c1-52(2)24-26-54(5,6)50-44(52)16-12-18-46(50)57(47-19-13-17-45-51(47)55(7,8)27-25-53(45,3)4)41-21-23-43-49(34-41)58-48-33-38(37-14-10-9-11-15-37)20-22-42(48)56(43)39-29-35-28-36(31-39)32-40(56)30-35/h9-23,33-36,39-40H,24-32H2,1-8H3. The van der Waals surface area contributed by atoms with E-state index in [1.807, 2.05) is 0 Å². The SMILES string of the molecule is CC1(C)CCC(C)(C)c2c(N(c3ccc4c(c3)Oc3cc(-c5ccccc5)ccc3C43C4CC5CC(C4)CC3C5)c3cccc4c3C(C)(C)CCC4(C)C)cccc21. The van der Waals surface area contributed by atoms with Gasteiger partial charge in [0.1, 0.15) is 11.5 Å². The van der Waals surface area contributed by atoms with E-state index in [1.54, 1.807) is 0 Å². The van der Waals surface area contributed by atoms with Crippen LogP contribution in [-0.2, 0) is 27.1 Å². The maximum Gasteiger partial charge on any atom is 0.133 e. The Labute approximate surface area is 348 Å². The average molecular weight is 766 g/mol. The molecule has 0 aromatic heterocycles. The maximum absolute atomic E-state index is 7.38. The third kappa shape index (κ3) is 5.21. The fraction of sp³-hybridized carbons (Fsp3) is 0.464. The van der Waals surface area contributed by atoms with Gasteiger partial charge >= 0.3 is 0 Å². The summed E-state index contributed by atoms with van der Waals surface area (Å²) in [5.41, 5.74) is 15.5. The van der Waals surface area contributed by atoms with Crippen molar-refractivity contribution in [3.05, 3.63) is 137 Å². The first kappa shape index (κ1) is 36.8. The zero-order valence-electron chi connectivity index (χ0n) is 36.3. The number of benzene rings is 5. The maximum atomic E-state index is 7.38. The van der Waals surface area contributed by atoms with Crippen molar-refractivity contribution in [2.24, 2.45) is 23.7 Å². The first-order valence-electron chi connectivity index (χ1n) is 22.8. The van der Waals surface area contributed by atoms with Crippen molar-refractivity contribution >= 4 is 17.1 Å². The molecule has 0 unspecified atom stereocenters. The molecule has 1 spiro atoms. The summed E-state index contributed by atoms with van der Waals surface area (Å²) < 4.78 is 7.38. The molecule has 5 aromatic carbocycles. The molecule has 4 fully saturated rings. The van der Waals surface area contributed by atoms with Crippen LogP contribution in [0.2, 0.25) is 0 Å². The molecule has 0 radical (unpaired) electrons. The molecule has 58 heavy (non-hydrogen) atoms. The van der Waals surface area contributed by atoms with E-state index in [9.17, 15) is 0 Å². The summed E-state index contributed by atoms with van der Waals surface area (Å²) in [6, 6.07) is 40.1. The van der Waals surface area contributed by atoms with E-state index in [0.717, 1.165) is 23.3 Å². The number of rotatable bonds is 4. The first-order valence-corrected chi connectivity index (χ1v) is 22.8. The van der Waals surface area contributed by atoms with Crippen LogP contribution in [0, 0.1) is 23.7 Å². The summed E-state index contributed by atoms with van der Waals surface area (Å²) in [5, 5.41) is 0. The van der Waals surface area contributed by atoms with Crippen LogP contribution in [-0.4, -0.2) is 0 Å². The molecule has 0 saturated heterocycles. The van der Waals surface area contributed by atoms with E-state index in [2.05, 4.69) is 163 Å². The van der Waals surface area contributed by atoms with Crippen LogP contribution in [0.5, 0.6) is 11.5 Å². The van der Waals surface area contributed by atoms with Gasteiger partial charge in [-0.25, -0.2) is 0 Å². The van der Waals surface area contributed by atoms with Gasteiger partial charge < -0.3 is 9.64 Å². The van der Waals surface area contributed by atoms with Crippen LogP contribution in [0.25, 0.3) is 11.1 Å². The van der Waals surface area contributed by atoms with Gasteiger partial charge in [0, 0.05) is 28.3 Å². The van der Waals surface area contributed by atoms with Crippen LogP contribution in [0.1, 0.15) is 147 Å². The van der Waals surface area contributed by atoms with E-state index in [4.69, 9.17) is 4.74 Å². The minimum Gasteiger partial charge on any atom is -0.457 e. The Hall–Kier alpha value is -4.30. The van der Waals surface area contributed by atoms with Gasteiger partial charge in [-0.2, -0.15) is 0 Å². The van der Waals surface area contributed by atoms with E-state index < -0.39 is 0 Å². The second-order valence-electron chi connectivity index (χ2n) is 22.3. The minimum absolute atomic E-state index is 0.00916. The fourth-order valence-corrected chi connectivity index (χ4v) is 14.1. The predicted octanol–water partition coefficient (Wildman–Crippen LogP) is 15.4. The van der Waals surface area contributed by atoms with Crippen LogP contribution in [0.4, 0.5) is 17.1 Å². The quantitative estimate of drug-likeness (QED) is 0.181. The van der Waals surface area contributed by atoms with E-state index in [0.29, 0.717) is 11.8 Å². The second-order valence-corrected chi connectivity index (χ2v) is 22.3. The Morgan fingerprint density at radius 2 is 0.948 bits per heavy atom. The minimum atomic E-state index is -0.00916. The zero-order chi connectivity index (χ0) is 40.0. The highest BCUT2D eigenvalue weighted by molar-refractivity contribution is 5.85. The first-order chi connectivity index (χ1) is 27.7. The lowest BCUT2D eigenvalue weighted by molar-refractivity contribution is -0.0452. The molecule has 0 amide bonds. The Morgan fingerprint density at radius 1 is 0.448 bits per heavy atom. The largest absolute Gasteiger partial charge is 0.457 e. The normalized spacial score (nSPS) is 28.5. The smallest absolute Gasteiger partial charge is 0.133 e. The molecule has 0 atom stereocenters. The van der Waals surface area contributed by atoms with Crippen molar-refractivity contribution in [1.29, 1.82) is 0 Å².